The van der Waals surface area contributed by atoms with Gasteiger partial charge in [0.2, 0.25) is 0 Å². The van der Waals surface area contributed by atoms with Crippen molar-refractivity contribution in [3.63, 3.8) is 0 Å². The zero-order chi connectivity index (χ0) is 51.3. The van der Waals surface area contributed by atoms with Crippen molar-refractivity contribution in [2.24, 2.45) is 23.5 Å². The van der Waals surface area contributed by atoms with Gasteiger partial charge in [-0.3, -0.25) is 9.59 Å². The highest BCUT2D eigenvalue weighted by Gasteiger charge is 2.51. The molecule has 2 saturated heterocycles. The first-order chi connectivity index (χ1) is 32.7. The van der Waals surface area contributed by atoms with E-state index in [1.54, 1.807) is 81.5 Å². The molecule has 0 spiro atoms. The third-order valence-electron chi connectivity index (χ3n) is 12.7. The minimum atomic E-state index is -2.36. The molecule has 392 valence electrons. The summed E-state index contributed by atoms with van der Waals surface area (Å²) in [5.74, 6) is -6.88. The first kappa shape index (κ1) is 59.8. The quantitative estimate of drug-likeness (QED) is 0.123. The summed E-state index contributed by atoms with van der Waals surface area (Å²) in [6.07, 6.45) is 4.46. The molecule has 3 rings (SSSR count). The average molecular weight is 981 g/mol. The smallest absolute Gasteiger partial charge is 0.311 e. The number of esters is 1. The number of hydrogen-bond donors (Lipinski definition) is 13. The van der Waals surface area contributed by atoms with Gasteiger partial charge in [-0.15, -0.1) is 0 Å². The number of aliphatic carboxylic acids is 1. The molecule has 3 aliphatic heterocycles. The van der Waals surface area contributed by atoms with Gasteiger partial charge in [0, 0.05) is 31.1 Å². The topological polar surface area (TPSA) is 332 Å². The maximum Gasteiger partial charge on any atom is 0.311 e. The fraction of sp³-hybridized carbons (Fsp3) is 0.680. The van der Waals surface area contributed by atoms with Gasteiger partial charge in [0.25, 0.3) is 0 Å². The Labute approximate surface area is 405 Å². The van der Waals surface area contributed by atoms with E-state index in [0.717, 1.165) is 0 Å². The second-order valence-corrected chi connectivity index (χ2v) is 18.6. The summed E-state index contributed by atoms with van der Waals surface area (Å²) in [6.45, 7) is 7.56. The molecule has 2 fully saturated rings. The number of cyclic esters (lactones) is 1. The van der Waals surface area contributed by atoms with E-state index in [4.69, 9.17) is 24.7 Å². The lowest BCUT2D eigenvalue weighted by atomic mass is 9.82. The summed E-state index contributed by atoms with van der Waals surface area (Å²) in [5.41, 5.74) is 5.64. The van der Waals surface area contributed by atoms with E-state index >= 15 is 0 Å². The highest BCUT2D eigenvalue weighted by atomic mass is 16.7. The Morgan fingerprint density at radius 2 is 1.28 bits per heavy atom. The molecular weight excluding hydrogens is 901 g/mol. The Morgan fingerprint density at radius 3 is 1.87 bits per heavy atom. The van der Waals surface area contributed by atoms with Crippen LogP contribution in [0, 0.1) is 17.8 Å². The van der Waals surface area contributed by atoms with Crippen LogP contribution in [0.15, 0.2) is 85.1 Å². The molecule has 3 aliphatic rings. The highest BCUT2D eigenvalue weighted by molar-refractivity contribution is 5.71. The Bertz CT molecular complexity index is 1740. The van der Waals surface area contributed by atoms with E-state index in [2.05, 4.69) is 5.32 Å². The zero-order valence-corrected chi connectivity index (χ0v) is 40.2. The van der Waals surface area contributed by atoms with Crippen molar-refractivity contribution in [1.29, 1.82) is 0 Å². The van der Waals surface area contributed by atoms with E-state index < -0.39 is 141 Å². The maximum absolute atomic E-state index is 12.6. The van der Waals surface area contributed by atoms with E-state index in [1.165, 1.54) is 0 Å². The molecule has 3 heterocycles. The molecule has 0 aromatic carbocycles. The van der Waals surface area contributed by atoms with Gasteiger partial charge >= 0.3 is 11.9 Å². The number of carboxylic acids is 1. The minimum absolute atomic E-state index is 0.141. The fourth-order valence-corrected chi connectivity index (χ4v) is 8.53. The Morgan fingerprint density at radius 1 is 0.710 bits per heavy atom. The Balaban J connectivity index is 1.89. The van der Waals surface area contributed by atoms with Gasteiger partial charge in [-0.1, -0.05) is 98.9 Å². The van der Waals surface area contributed by atoms with Crippen molar-refractivity contribution in [1.82, 2.24) is 5.32 Å². The van der Waals surface area contributed by atoms with Crippen LogP contribution in [-0.4, -0.2) is 179 Å². The zero-order valence-electron chi connectivity index (χ0n) is 40.2. The van der Waals surface area contributed by atoms with Gasteiger partial charge in [0.15, 0.2) is 12.1 Å². The lowest BCUT2D eigenvalue weighted by molar-refractivity contribution is -0.310. The van der Waals surface area contributed by atoms with Crippen molar-refractivity contribution in [3.8, 4) is 0 Å². The number of carbonyl (C=O) groups excluding carboxylic acids is 1. The summed E-state index contributed by atoms with van der Waals surface area (Å²) in [5, 5.41) is 123. The summed E-state index contributed by atoms with van der Waals surface area (Å²) >= 11 is 0. The number of aliphatic hydroxyl groups excluding tert-OH is 9. The van der Waals surface area contributed by atoms with Crippen molar-refractivity contribution >= 4 is 11.9 Å². The lowest BCUT2D eigenvalue weighted by Gasteiger charge is -2.45. The first-order valence-corrected chi connectivity index (χ1v) is 24.0. The number of carbonyl (C=O) groups is 2. The summed E-state index contributed by atoms with van der Waals surface area (Å²) in [7, 11) is 0. The van der Waals surface area contributed by atoms with Crippen LogP contribution in [0.2, 0.25) is 0 Å². The van der Waals surface area contributed by atoms with E-state index in [9.17, 15) is 65.8 Å². The van der Waals surface area contributed by atoms with Crippen molar-refractivity contribution in [3.05, 3.63) is 85.1 Å². The van der Waals surface area contributed by atoms with Gasteiger partial charge in [-0.05, 0) is 59.0 Å². The molecule has 0 amide bonds. The molecule has 0 radical (unpaired) electrons. The van der Waals surface area contributed by atoms with Gasteiger partial charge < -0.3 is 86.2 Å². The largest absolute Gasteiger partial charge is 0.481 e. The van der Waals surface area contributed by atoms with Gasteiger partial charge in [0.1, 0.15) is 18.1 Å². The van der Waals surface area contributed by atoms with Crippen molar-refractivity contribution in [2.75, 3.05) is 13.1 Å². The van der Waals surface area contributed by atoms with Crippen LogP contribution in [0.1, 0.15) is 85.5 Å². The first-order valence-electron chi connectivity index (χ1n) is 24.0. The van der Waals surface area contributed by atoms with Crippen LogP contribution in [0.4, 0.5) is 0 Å². The number of fused-ring (bicyclic) bond motifs is 2. The number of carboxylic acid groups (broad SMARTS) is 1. The van der Waals surface area contributed by atoms with Crippen LogP contribution in [0.3, 0.4) is 0 Å². The standard InChI is InChI=1S/C50H80N2O17/c1-30-18-15-13-11-9-7-5-6-8-10-12-14-16-19-37(68-49-47(62)44(52-23-17-22-51)46(61)33(4)67-49)27-41-43(48(63)64)40(58)29-50(65,69-41)28-39(57)38(56)21-20-34(53)24-35(54)25-36(55)26-42(59)66-32(3)31(2)45(30)60/h5-16,18-19,30-41,43-47,49,52-58,60-62,65H,17,20-29,51H2,1-4H3,(H,63,64)/b6-5+,9-7+,10-8+,13-11+,14-12+,18-15+,19-16+/t30-,31-,32-,33+,34+,35+,36+,37-,38+,39+,40-,41-,43+,44-,45+,46+,47-,49-,50+/m0/s1. The second kappa shape index (κ2) is 30.4. The number of nitrogens with two attached hydrogens (primary N) is 1. The predicted octanol–water partition coefficient (Wildman–Crippen LogP) is 0.691. The summed E-state index contributed by atoms with van der Waals surface area (Å²) in [4.78, 5) is 25.2. The molecule has 2 bridgehead atoms. The van der Waals surface area contributed by atoms with Crippen LogP contribution in [0.25, 0.3) is 0 Å². The molecule has 19 nitrogen and oxygen atoms in total. The molecule has 69 heavy (non-hydrogen) atoms. The summed E-state index contributed by atoms with van der Waals surface area (Å²) < 4.78 is 23.6. The van der Waals surface area contributed by atoms with Gasteiger partial charge in [-0.25, -0.2) is 0 Å². The Kier molecular flexibility index (Phi) is 26.4. The SMILES string of the molecule is C[C@@H]1[C@H](O)[C@@H](C)/C=C/C=C/C=C/C=C/C=C/C=C/C=C/[C@H](O[C@@H]2O[C@H](C)[C@@H](O)[C@H](NCCCN)[C@@H]2O)C[C@@H]2O[C@](O)(C[C@@H](O)[C@H](O)CC[C@@H](O)C[C@@H](O)C[C@@H](O)CC(=O)O[C@H]1C)C[C@H](O)[C@H]2C(=O)O. The van der Waals surface area contributed by atoms with Crippen LogP contribution in [0.5, 0.6) is 0 Å². The number of hydrogen-bond acceptors (Lipinski definition) is 18. The van der Waals surface area contributed by atoms with Crippen LogP contribution >= 0.6 is 0 Å². The third kappa shape index (κ3) is 20.6. The van der Waals surface area contributed by atoms with E-state index in [0.29, 0.717) is 19.5 Å². The molecule has 19 atom stereocenters. The molecule has 0 saturated carbocycles. The lowest BCUT2D eigenvalue weighted by Crippen LogP contribution is -2.63. The molecule has 14 N–H and O–H groups in total. The Hall–Kier alpha value is -3.48. The van der Waals surface area contributed by atoms with Gasteiger partial charge in [0.05, 0.1) is 79.6 Å². The van der Waals surface area contributed by atoms with E-state index in [1.807, 2.05) is 31.2 Å². The monoisotopic (exact) mass is 981 g/mol. The second-order valence-electron chi connectivity index (χ2n) is 18.6. The van der Waals surface area contributed by atoms with Crippen LogP contribution < -0.4 is 11.1 Å². The molecule has 0 unspecified atom stereocenters. The number of rotatable bonds is 7. The number of nitrogens with one attached hydrogen (secondary N) is 1. The molecule has 19 heteroatoms. The molecule has 0 aromatic rings. The number of aliphatic hydroxyl groups is 10. The maximum atomic E-state index is 12.6. The highest BCUT2D eigenvalue weighted by Crippen LogP contribution is 2.38. The third-order valence-corrected chi connectivity index (χ3v) is 12.7. The predicted molar refractivity (Wildman–Crippen MR) is 254 cm³/mol. The van der Waals surface area contributed by atoms with Gasteiger partial charge in [-0.2, -0.15) is 0 Å². The molecule has 0 aromatic heterocycles. The molecular formula is C50H80N2O17. The van der Waals surface area contributed by atoms with Crippen molar-refractivity contribution < 1.29 is 84.7 Å². The van der Waals surface area contributed by atoms with Crippen molar-refractivity contribution in [2.45, 2.75) is 183 Å². The summed E-state index contributed by atoms with van der Waals surface area (Å²) in [6, 6.07) is -0.884. The fourth-order valence-electron chi connectivity index (χ4n) is 8.53. The normalized spacial score (nSPS) is 43.6. The molecule has 0 aliphatic carbocycles. The minimum Gasteiger partial charge on any atom is -0.481 e. The number of allylic oxidation sites excluding steroid dienone is 12. The van der Waals surface area contributed by atoms with Crippen LogP contribution in [-0.2, 0) is 28.5 Å². The van der Waals surface area contributed by atoms with E-state index in [-0.39, 0.29) is 38.0 Å². The average Bonchev–Trinajstić information content (AvgIpc) is 3.26. The number of ether oxygens (including phenoxy) is 4.